The van der Waals surface area contributed by atoms with Crippen LogP contribution in [0.4, 0.5) is 5.82 Å². The third kappa shape index (κ3) is 2.36. The van der Waals surface area contributed by atoms with Crippen molar-refractivity contribution in [3.05, 3.63) is 29.0 Å². The lowest BCUT2D eigenvalue weighted by atomic mass is 10.1. The Morgan fingerprint density at radius 2 is 2.14 bits per heavy atom. The fourth-order valence-corrected chi connectivity index (χ4v) is 3.37. The van der Waals surface area contributed by atoms with Crippen LogP contribution in [0.25, 0.3) is 17.0 Å². The molecule has 0 aliphatic carbocycles. The van der Waals surface area contributed by atoms with Crippen molar-refractivity contribution in [2.24, 2.45) is 0 Å². The highest BCUT2D eigenvalue weighted by Gasteiger charge is 2.28. The van der Waals surface area contributed by atoms with E-state index in [1.807, 2.05) is 28.1 Å². The van der Waals surface area contributed by atoms with Gasteiger partial charge in [0, 0.05) is 24.0 Å². The van der Waals surface area contributed by atoms with Gasteiger partial charge < -0.3 is 9.64 Å². The highest BCUT2D eigenvalue weighted by Crippen LogP contribution is 2.24. The number of anilines is 1. The predicted molar refractivity (Wildman–Crippen MR) is 86.3 cm³/mol. The SMILES string of the molecule is CC1(C)CN(c2ccc3nnc(-c4ccsc4)n3n2)CCO1. The largest absolute Gasteiger partial charge is 0.372 e. The zero-order valence-electron chi connectivity index (χ0n) is 12.6. The molecule has 3 aromatic rings. The van der Waals surface area contributed by atoms with Crippen LogP contribution in [-0.4, -0.2) is 45.1 Å². The van der Waals surface area contributed by atoms with E-state index < -0.39 is 0 Å². The first-order valence-electron chi connectivity index (χ1n) is 7.26. The molecule has 4 rings (SSSR count). The van der Waals surface area contributed by atoms with Gasteiger partial charge in [-0.15, -0.1) is 15.3 Å². The second-order valence-corrected chi connectivity index (χ2v) is 6.81. The number of nitrogens with zero attached hydrogens (tertiary/aromatic N) is 5. The zero-order chi connectivity index (χ0) is 15.2. The van der Waals surface area contributed by atoms with E-state index in [0.29, 0.717) is 6.61 Å². The van der Waals surface area contributed by atoms with E-state index in [9.17, 15) is 0 Å². The molecule has 0 spiro atoms. The first-order chi connectivity index (χ1) is 10.6. The Labute approximate surface area is 132 Å². The minimum absolute atomic E-state index is 0.155. The van der Waals surface area contributed by atoms with Crippen LogP contribution in [-0.2, 0) is 4.74 Å². The summed E-state index contributed by atoms with van der Waals surface area (Å²) in [5.41, 5.74) is 1.65. The predicted octanol–water partition coefficient (Wildman–Crippen LogP) is 2.47. The van der Waals surface area contributed by atoms with Gasteiger partial charge in [0.1, 0.15) is 5.82 Å². The molecule has 7 heteroatoms. The lowest BCUT2D eigenvalue weighted by Gasteiger charge is -2.38. The normalized spacial score (nSPS) is 18.0. The van der Waals surface area contributed by atoms with Gasteiger partial charge in [0.05, 0.1) is 12.2 Å². The molecule has 0 unspecified atom stereocenters. The summed E-state index contributed by atoms with van der Waals surface area (Å²) in [4.78, 5) is 2.25. The van der Waals surface area contributed by atoms with Crippen LogP contribution >= 0.6 is 11.3 Å². The molecule has 0 bridgehead atoms. The third-order valence-corrected chi connectivity index (χ3v) is 4.46. The van der Waals surface area contributed by atoms with Crippen LogP contribution < -0.4 is 4.90 Å². The molecule has 3 aromatic heterocycles. The molecule has 1 aliphatic heterocycles. The molecule has 0 radical (unpaired) electrons. The van der Waals surface area contributed by atoms with E-state index in [1.165, 1.54) is 0 Å². The fraction of sp³-hybridized carbons (Fsp3) is 0.400. The van der Waals surface area contributed by atoms with Gasteiger partial charge in [-0.05, 0) is 37.4 Å². The molecule has 4 heterocycles. The number of thiophene rings is 1. The van der Waals surface area contributed by atoms with E-state index in [1.54, 1.807) is 11.3 Å². The van der Waals surface area contributed by atoms with Crippen molar-refractivity contribution < 1.29 is 4.74 Å². The average molecular weight is 315 g/mol. The van der Waals surface area contributed by atoms with Crippen molar-refractivity contribution in [3.63, 3.8) is 0 Å². The Kier molecular flexibility index (Phi) is 3.12. The quantitative estimate of drug-likeness (QED) is 0.727. The number of hydrogen-bond donors (Lipinski definition) is 0. The topological polar surface area (TPSA) is 55.6 Å². The molecule has 1 aliphatic rings. The molecular weight excluding hydrogens is 298 g/mol. The van der Waals surface area contributed by atoms with E-state index in [2.05, 4.69) is 34.3 Å². The first kappa shape index (κ1) is 13.7. The van der Waals surface area contributed by atoms with Gasteiger partial charge in [-0.2, -0.15) is 15.9 Å². The van der Waals surface area contributed by atoms with E-state index in [4.69, 9.17) is 9.84 Å². The number of hydrogen-bond acceptors (Lipinski definition) is 6. The standard InChI is InChI=1S/C15H17N5OS/c1-15(2)10-19(6-7-21-15)13-4-3-12-16-17-14(20(12)18-13)11-5-8-22-9-11/h3-5,8-9H,6-7,10H2,1-2H3. The van der Waals surface area contributed by atoms with Gasteiger partial charge in [0.25, 0.3) is 0 Å². The first-order valence-corrected chi connectivity index (χ1v) is 8.21. The van der Waals surface area contributed by atoms with E-state index in [-0.39, 0.29) is 5.60 Å². The van der Waals surface area contributed by atoms with Crippen LogP contribution in [0, 0.1) is 0 Å². The summed E-state index contributed by atoms with van der Waals surface area (Å²) in [5, 5.41) is 17.3. The smallest absolute Gasteiger partial charge is 0.186 e. The van der Waals surface area contributed by atoms with Crippen molar-refractivity contribution in [2.45, 2.75) is 19.4 Å². The minimum atomic E-state index is -0.155. The van der Waals surface area contributed by atoms with Gasteiger partial charge in [-0.1, -0.05) is 0 Å². The van der Waals surface area contributed by atoms with Gasteiger partial charge in [0.15, 0.2) is 11.5 Å². The Hall–Kier alpha value is -1.99. The summed E-state index contributed by atoms with van der Waals surface area (Å²) in [6.45, 7) is 6.59. The Morgan fingerprint density at radius 3 is 2.91 bits per heavy atom. The summed E-state index contributed by atoms with van der Waals surface area (Å²) >= 11 is 1.64. The van der Waals surface area contributed by atoms with Gasteiger partial charge in [-0.25, -0.2) is 0 Å². The van der Waals surface area contributed by atoms with Crippen molar-refractivity contribution in [1.29, 1.82) is 0 Å². The number of fused-ring (bicyclic) bond motifs is 1. The molecule has 22 heavy (non-hydrogen) atoms. The lowest BCUT2D eigenvalue weighted by molar-refractivity contribution is -0.0279. The van der Waals surface area contributed by atoms with E-state index in [0.717, 1.165) is 35.9 Å². The van der Waals surface area contributed by atoms with Crippen molar-refractivity contribution >= 4 is 22.8 Å². The summed E-state index contributed by atoms with van der Waals surface area (Å²) in [5.74, 6) is 1.71. The summed E-state index contributed by atoms with van der Waals surface area (Å²) in [6.07, 6.45) is 0. The van der Waals surface area contributed by atoms with Crippen LogP contribution in [0.15, 0.2) is 29.0 Å². The zero-order valence-corrected chi connectivity index (χ0v) is 13.4. The van der Waals surface area contributed by atoms with Crippen molar-refractivity contribution in [2.75, 3.05) is 24.6 Å². The highest BCUT2D eigenvalue weighted by atomic mass is 32.1. The van der Waals surface area contributed by atoms with Gasteiger partial charge >= 0.3 is 0 Å². The van der Waals surface area contributed by atoms with E-state index >= 15 is 0 Å². The summed E-state index contributed by atoms with van der Waals surface area (Å²) in [7, 11) is 0. The Balaban J connectivity index is 1.75. The highest BCUT2D eigenvalue weighted by molar-refractivity contribution is 7.08. The van der Waals surface area contributed by atoms with Gasteiger partial charge in [-0.3, -0.25) is 0 Å². The van der Waals surface area contributed by atoms with Crippen molar-refractivity contribution in [1.82, 2.24) is 19.8 Å². The average Bonchev–Trinajstić information content (AvgIpc) is 3.14. The van der Waals surface area contributed by atoms with Crippen LogP contribution in [0.5, 0.6) is 0 Å². The van der Waals surface area contributed by atoms with Crippen LogP contribution in [0.3, 0.4) is 0 Å². The molecule has 0 saturated carbocycles. The molecule has 1 fully saturated rings. The van der Waals surface area contributed by atoms with Crippen LogP contribution in [0.2, 0.25) is 0 Å². The molecule has 0 amide bonds. The third-order valence-electron chi connectivity index (χ3n) is 3.78. The number of aromatic nitrogens is 4. The summed E-state index contributed by atoms with van der Waals surface area (Å²) < 4.78 is 7.59. The molecule has 114 valence electrons. The Morgan fingerprint density at radius 1 is 1.23 bits per heavy atom. The monoisotopic (exact) mass is 315 g/mol. The maximum atomic E-state index is 5.77. The molecule has 0 N–H and O–H groups in total. The van der Waals surface area contributed by atoms with Crippen molar-refractivity contribution in [3.8, 4) is 11.4 Å². The minimum Gasteiger partial charge on any atom is -0.372 e. The second kappa shape index (κ2) is 5.03. The maximum Gasteiger partial charge on any atom is 0.186 e. The van der Waals surface area contributed by atoms with Gasteiger partial charge in [0.2, 0.25) is 0 Å². The molecular formula is C15H17N5OS. The maximum absolute atomic E-state index is 5.77. The Bertz CT molecular complexity index is 795. The fourth-order valence-electron chi connectivity index (χ4n) is 2.73. The molecule has 0 aromatic carbocycles. The molecule has 6 nitrogen and oxygen atoms in total. The molecule has 1 saturated heterocycles. The number of rotatable bonds is 2. The van der Waals surface area contributed by atoms with Crippen LogP contribution in [0.1, 0.15) is 13.8 Å². The number of morpholine rings is 1. The summed E-state index contributed by atoms with van der Waals surface area (Å²) in [6, 6.07) is 6.00. The second-order valence-electron chi connectivity index (χ2n) is 6.03. The lowest BCUT2D eigenvalue weighted by Crippen LogP contribution is -2.48. The molecule has 0 atom stereocenters. The number of ether oxygens (including phenoxy) is 1.